The highest BCUT2D eigenvalue weighted by molar-refractivity contribution is 5.08. The predicted octanol–water partition coefficient (Wildman–Crippen LogP) is 4.12. The van der Waals surface area contributed by atoms with Gasteiger partial charge in [-0.2, -0.15) is 0 Å². The van der Waals surface area contributed by atoms with Crippen LogP contribution in [-0.4, -0.2) is 23.5 Å². The van der Waals surface area contributed by atoms with E-state index in [1.54, 1.807) is 0 Å². The van der Waals surface area contributed by atoms with Crippen LogP contribution < -0.4 is 0 Å². The van der Waals surface area contributed by atoms with Crippen LogP contribution in [0.25, 0.3) is 0 Å². The zero-order chi connectivity index (χ0) is 14.3. The Kier molecular flexibility index (Phi) is 5.99. The lowest BCUT2D eigenvalue weighted by Crippen LogP contribution is -2.39. The minimum atomic E-state index is -0.386. The fourth-order valence-corrected chi connectivity index (χ4v) is 2.73. The maximum atomic E-state index is 5.92. The second kappa shape index (κ2) is 7.75. The number of unbranched alkanes of at least 4 members (excludes halogenated alkanes) is 3. The summed E-state index contributed by atoms with van der Waals surface area (Å²) in [5.74, 6) is -0.386. The third kappa shape index (κ3) is 5.59. The number of aromatic nitrogens is 1. The van der Waals surface area contributed by atoms with E-state index in [1.165, 1.54) is 37.7 Å². The van der Waals surface area contributed by atoms with E-state index in [1.807, 2.05) is 32.3 Å². The fraction of sp³-hybridized carbons (Fsp3) is 0.706. The van der Waals surface area contributed by atoms with Crippen LogP contribution in [0.4, 0.5) is 0 Å². The van der Waals surface area contributed by atoms with Gasteiger partial charge in [0, 0.05) is 12.4 Å². The van der Waals surface area contributed by atoms with Gasteiger partial charge in [0.1, 0.15) is 0 Å². The summed E-state index contributed by atoms with van der Waals surface area (Å²) >= 11 is 0. The van der Waals surface area contributed by atoms with E-state index in [2.05, 4.69) is 11.1 Å². The maximum Gasteiger partial charge on any atom is 0.163 e. The van der Waals surface area contributed by atoms with Gasteiger partial charge in [0.15, 0.2) is 5.79 Å². The molecular formula is C17H27NO2. The van der Waals surface area contributed by atoms with Gasteiger partial charge in [-0.05, 0) is 51.2 Å². The lowest BCUT2D eigenvalue weighted by molar-refractivity contribution is -0.274. The first-order valence-corrected chi connectivity index (χ1v) is 7.86. The van der Waals surface area contributed by atoms with Crippen molar-refractivity contribution in [1.29, 1.82) is 0 Å². The summed E-state index contributed by atoms with van der Waals surface area (Å²) in [5, 5.41) is 0. The van der Waals surface area contributed by atoms with Crippen molar-refractivity contribution in [3.63, 3.8) is 0 Å². The Hall–Kier alpha value is -0.930. The number of hydrogen-bond acceptors (Lipinski definition) is 3. The summed E-state index contributed by atoms with van der Waals surface area (Å²) in [7, 11) is 0. The van der Waals surface area contributed by atoms with Crippen molar-refractivity contribution in [1.82, 2.24) is 4.98 Å². The molecule has 0 unspecified atom stereocenters. The van der Waals surface area contributed by atoms with E-state index in [0.717, 1.165) is 19.4 Å². The van der Waals surface area contributed by atoms with Crippen LogP contribution >= 0.6 is 0 Å². The van der Waals surface area contributed by atoms with Crippen LogP contribution in [0, 0.1) is 0 Å². The Morgan fingerprint density at radius 2 is 2.10 bits per heavy atom. The predicted molar refractivity (Wildman–Crippen MR) is 80.5 cm³/mol. The van der Waals surface area contributed by atoms with E-state index < -0.39 is 0 Å². The average molecular weight is 277 g/mol. The van der Waals surface area contributed by atoms with Gasteiger partial charge in [-0.25, -0.2) is 0 Å². The number of nitrogens with zero attached hydrogens (tertiary/aromatic N) is 1. The molecule has 1 aromatic rings. The molecule has 2 heterocycles. The quantitative estimate of drug-likeness (QED) is 0.703. The molecule has 1 aromatic heterocycles. The van der Waals surface area contributed by atoms with Crippen molar-refractivity contribution in [2.45, 2.75) is 70.7 Å². The Labute approximate surface area is 122 Å². The molecule has 0 radical (unpaired) electrons. The van der Waals surface area contributed by atoms with Crippen LogP contribution in [0.3, 0.4) is 0 Å². The summed E-state index contributed by atoms with van der Waals surface area (Å²) in [5.41, 5.74) is 1.35. The Bertz CT molecular complexity index is 378. The lowest BCUT2D eigenvalue weighted by Gasteiger charge is -2.36. The molecule has 0 saturated carbocycles. The lowest BCUT2D eigenvalue weighted by atomic mass is 10.0. The largest absolute Gasteiger partial charge is 0.350 e. The minimum Gasteiger partial charge on any atom is -0.350 e. The summed E-state index contributed by atoms with van der Waals surface area (Å²) in [6.07, 6.45) is 12.6. The third-order valence-electron chi connectivity index (χ3n) is 3.80. The van der Waals surface area contributed by atoms with Crippen LogP contribution in [0.1, 0.15) is 57.9 Å². The maximum absolute atomic E-state index is 5.92. The molecule has 3 nitrogen and oxygen atoms in total. The highest BCUT2D eigenvalue weighted by Gasteiger charge is 2.28. The first-order chi connectivity index (χ1) is 9.66. The van der Waals surface area contributed by atoms with Gasteiger partial charge < -0.3 is 9.47 Å². The molecule has 0 aliphatic carbocycles. The van der Waals surface area contributed by atoms with Gasteiger partial charge in [-0.15, -0.1) is 0 Å². The van der Waals surface area contributed by atoms with E-state index in [9.17, 15) is 0 Å². The molecule has 1 aliphatic heterocycles. The smallest absolute Gasteiger partial charge is 0.163 e. The van der Waals surface area contributed by atoms with Crippen molar-refractivity contribution in [3.8, 4) is 0 Å². The van der Waals surface area contributed by atoms with Gasteiger partial charge in [0.05, 0.1) is 12.7 Å². The molecule has 1 atom stereocenters. The SMILES string of the molecule is CC1(C)OCC[C@H](CCCCCCc2cccnc2)O1. The topological polar surface area (TPSA) is 31.4 Å². The Morgan fingerprint density at radius 1 is 1.25 bits per heavy atom. The number of ether oxygens (including phenoxy) is 2. The number of rotatable bonds is 7. The molecule has 1 saturated heterocycles. The van der Waals surface area contributed by atoms with Crippen molar-refractivity contribution < 1.29 is 9.47 Å². The molecule has 0 aromatic carbocycles. The Morgan fingerprint density at radius 3 is 2.85 bits per heavy atom. The molecular weight excluding hydrogens is 250 g/mol. The molecule has 0 amide bonds. The molecule has 20 heavy (non-hydrogen) atoms. The second-order valence-corrected chi connectivity index (χ2v) is 6.09. The molecule has 0 spiro atoms. The van der Waals surface area contributed by atoms with E-state index in [4.69, 9.17) is 9.47 Å². The van der Waals surface area contributed by atoms with Gasteiger partial charge in [0.25, 0.3) is 0 Å². The van der Waals surface area contributed by atoms with Gasteiger partial charge in [-0.3, -0.25) is 4.98 Å². The standard InChI is InChI=1S/C17H27NO2/c1-17(2)19-13-11-16(20-17)10-6-4-3-5-8-15-9-7-12-18-14-15/h7,9,12,14,16H,3-6,8,10-11,13H2,1-2H3/t16-/m0/s1. The van der Waals surface area contributed by atoms with Gasteiger partial charge in [-0.1, -0.05) is 25.3 Å². The van der Waals surface area contributed by atoms with Crippen molar-refractivity contribution in [2.75, 3.05) is 6.61 Å². The van der Waals surface area contributed by atoms with Crippen molar-refractivity contribution in [2.24, 2.45) is 0 Å². The van der Waals surface area contributed by atoms with Crippen LogP contribution in [0.5, 0.6) is 0 Å². The summed E-state index contributed by atoms with van der Waals surface area (Å²) in [6, 6.07) is 4.17. The van der Waals surface area contributed by atoms with Gasteiger partial charge >= 0.3 is 0 Å². The molecule has 2 rings (SSSR count). The monoisotopic (exact) mass is 277 g/mol. The second-order valence-electron chi connectivity index (χ2n) is 6.09. The molecule has 112 valence electrons. The highest BCUT2D eigenvalue weighted by Crippen LogP contribution is 2.25. The number of hydrogen-bond donors (Lipinski definition) is 0. The summed E-state index contributed by atoms with van der Waals surface area (Å²) in [6.45, 7) is 4.85. The summed E-state index contributed by atoms with van der Waals surface area (Å²) < 4.78 is 11.5. The molecule has 1 fully saturated rings. The number of aryl methyl sites for hydroxylation is 1. The van der Waals surface area contributed by atoms with Crippen LogP contribution in [-0.2, 0) is 15.9 Å². The third-order valence-corrected chi connectivity index (χ3v) is 3.80. The summed E-state index contributed by atoms with van der Waals surface area (Å²) in [4.78, 5) is 4.15. The van der Waals surface area contributed by atoms with E-state index in [0.29, 0.717) is 6.10 Å². The van der Waals surface area contributed by atoms with Crippen molar-refractivity contribution in [3.05, 3.63) is 30.1 Å². The van der Waals surface area contributed by atoms with Crippen LogP contribution in [0.2, 0.25) is 0 Å². The molecule has 0 N–H and O–H groups in total. The first kappa shape index (κ1) is 15.5. The molecule has 1 aliphatic rings. The van der Waals surface area contributed by atoms with Crippen molar-refractivity contribution >= 4 is 0 Å². The number of pyridine rings is 1. The zero-order valence-corrected chi connectivity index (χ0v) is 12.8. The average Bonchev–Trinajstić information content (AvgIpc) is 2.43. The van der Waals surface area contributed by atoms with Gasteiger partial charge in [0.2, 0.25) is 0 Å². The minimum absolute atomic E-state index is 0.386. The van der Waals surface area contributed by atoms with E-state index >= 15 is 0 Å². The normalized spacial score (nSPS) is 21.8. The highest BCUT2D eigenvalue weighted by atomic mass is 16.7. The Balaban J connectivity index is 1.51. The molecule has 0 bridgehead atoms. The molecule has 3 heteroatoms. The van der Waals surface area contributed by atoms with E-state index in [-0.39, 0.29) is 5.79 Å². The fourth-order valence-electron chi connectivity index (χ4n) is 2.73. The van der Waals surface area contributed by atoms with Crippen LogP contribution in [0.15, 0.2) is 24.5 Å². The first-order valence-electron chi connectivity index (χ1n) is 7.86. The zero-order valence-electron chi connectivity index (χ0n) is 12.8.